The quantitative estimate of drug-likeness (QED) is 0.772. The molecule has 2 rings (SSSR count). The number of nitrogens with one attached hydrogen (secondary N) is 1. The molecule has 6 heteroatoms. The zero-order valence-corrected chi connectivity index (χ0v) is 10.2. The molecule has 1 aliphatic rings. The summed E-state index contributed by atoms with van der Waals surface area (Å²) in [4.78, 5) is 28.8. The SMILES string of the molecule is CN1CC(NC(=O)c2ccncc2N)CCC1=O. The van der Waals surface area contributed by atoms with E-state index in [1.165, 1.54) is 12.4 Å². The minimum absolute atomic E-state index is 0.0206. The molecular formula is C12H16N4O2. The van der Waals surface area contributed by atoms with Gasteiger partial charge in [0.1, 0.15) is 0 Å². The number of carbonyl (C=O) groups excluding carboxylic acids is 2. The van der Waals surface area contributed by atoms with Crippen molar-refractivity contribution in [2.24, 2.45) is 0 Å². The van der Waals surface area contributed by atoms with Crippen molar-refractivity contribution in [3.05, 3.63) is 24.0 Å². The Kier molecular flexibility index (Phi) is 3.45. The Morgan fingerprint density at radius 2 is 2.39 bits per heavy atom. The van der Waals surface area contributed by atoms with Crippen molar-refractivity contribution in [3.63, 3.8) is 0 Å². The molecule has 2 amide bonds. The number of piperidine rings is 1. The van der Waals surface area contributed by atoms with E-state index >= 15 is 0 Å². The Morgan fingerprint density at radius 3 is 3.06 bits per heavy atom. The van der Waals surface area contributed by atoms with E-state index in [0.29, 0.717) is 30.6 Å². The van der Waals surface area contributed by atoms with E-state index in [4.69, 9.17) is 5.73 Å². The monoisotopic (exact) mass is 248 g/mol. The first kappa shape index (κ1) is 12.3. The average molecular weight is 248 g/mol. The van der Waals surface area contributed by atoms with Gasteiger partial charge in [0.15, 0.2) is 0 Å². The molecule has 1 fully saturated rings. The Balaban J connectivity index is 2.00. The summed E-state index contributed by atoms with van der Waals surface area (Å²) in [6, 6.07) is 1.57. The molecule has 3 N–H and O–H groups in total. The van der Waals surface area contributed by atoms with E-state index in [1.54, 1.807) is 18.0 Å². The van der Waals surface area contributed by atoms with Gasteiger partial charge in [0, 0.05) is 32.3 Å². The fourth-order valence-electron chi connectivity index (χ4n) is 2.01. The van der Waals surface area contributed by atoms with Gasteiger partial charge in [-0.2, -0.15) is 0 Å². The van der Waals surface area contributed by atoms with Crippen LogP contribution >= 0.6 is 0 Å². The molecule has 0 radical (unpaired) electrons. The molecule has 1 saturated heterocycles. The zero-order valence-electron chi connectivity index (χ0n) is 10.2. The van der Waals surface area contributed by atoms with Crippen molar-refractivity contribution in [3.8, 4) is 0 Å². The molecule has 0 bridgehead atoms. The summed E-state index contributed by atoms with van der Waals surface area (Å²) >= 11 is 0. The third kappa shape index (κ3) is 2.58. The van der Waals surface area contributed by atoms with Crippen LogP contribution in [0.3, 0.4) is 0 Å². The second kappa shape index (κ2) is 5.03. The first-order valence-corrected chi connectivity index (χ1v) is 5.82. The lowest BCUT2D eigenvalue weighted by Gasteiger charge is -2.30. The Hall–Kier alpha value is -2.11. The molecule has 0 spiro atoms. The normalized spacial score (nSPS) is 19.7. The van der Waals surface area contributed by atoms with Crippen molar-refractivity contribution in [2.45, 2.75) is 18.9 Å². The molecule has 1 aliphatic heterocycles. The first-order valence-electron chi connectivity index (χ1n) is 5.82. The van der Waals surface area contributed by atoms with Gasteiger partial charge in [-0.05, 0) is 12.5 Å². The van der Waals surface area contributed by atoms with Gasteiger partial charge in [-0.1, -0.05) is 0 Å². The number of likely N-dealkylation sites (tertiary alicyclic amines) is 1. The molecule has 0 aromatic carbocycles. The van der Waals surface area contributed by atoms with Crippen molar-refractivity contribution < 1.29 is 9.59 Å². The van der Waals surface area contributed by atoms with Crippen molar-refractivity contribution in [2.75, 3.05) is 19.3 Å². The fraction of sp³-hybridized carbons (Fsp3) is 0.417. The van der Waals surface area contributed by atoms with E-state index in [2.05, 4.69) is 10.3 Å². The summed E-state index contributed by atoms with van der Waals surface area (Å²) in [6.45, 7) is 0.537. The summed E-state index contributed by atoms with van der Waals surface area (Å²) in [6.07, 6.45) is 4.11. The van der Waals surface area contributed by atoms with E-state index in [1.807, 2.05) is 0 Å². The Bertz CT molecular complexity index is 475. The summed E-state index contributed by atoms with van der Waals surface area (Å²) in [5.74, 6) is -0.105. The van der Waals surface area contributed by atoms with Crippen LogP contribution in [-0.4, -0.2) is 41.3 Å². The molecule has 1 aromatic rings. The second-order valence-electron chi connectivity index (χ2n) is 4.45. The van der Waals surface area contributed by atoms with Crippen LogP contribution in [0.25, 0.3) is 0 Å². The third-order valence-electron chi connectivity index (χ3n) is 3.06. The standard InChI is InChI=1S/C12H16N4O2/c1-16-7-8(2-3-11(16)17)15-12(18)9-4-5-14-6-10(9)13/h4-6,8H,2-3,7,13H2,1H3,(H,15,18). The van der Waals surface area contributed by atoms with Gasteiger partial charge in [0.05, 0.1) is 17.4 Å². The molecule has 1 atom stereocenters. The number of pyridine rings is 1. The van der Waals surface area contributed by atoms with Crippen molar-refractivity contribution in [1.82, 2.24) is 15.2 Å². The minimum Gasteiger partial charge on any atom is -0.397 e. The number of likely N-dealkylation sites (N-methyl/N-ethyl adjacent to an activating group) is 1. The van der Waals surface area contributed by atoms with Gasteiger partial charge in [0.25, 0.3) is 5.91 Å². The number of nitrogens with two attached hydrogens (primary N) is 1. The molecule has 96 valence electrons. The van der Waals surface area contributed by atoms with Crippen molar-refractivity contribution in [1.29, 1.82) is 0 Å². The van der Waals surface area contributed by atoms with E-state index in [9.17, 15) is 9.59 Å². The van der Waals surface area contributed by atoms with Crippen LogP contribution in [0.2, 0.25) is 0 Å². The lowest BCUT2D eigenvalue weighted by molar-refractivity contribution is -0.132. The number of aromatic nitrogens is 1. The van der Waals surface area contributed by atoms with Gasteiger partial charge in [-0.25, -0.2) is 0 Å². The molecule has 0 saturated carbocycles. The lowest BCUT2D eigenvalue weighted by atomic mass is 10.1. The van der Waals surface area contributed by atoms with Crippen LogP contribution in [0, 0.1) is 0 Å². The predicted molar refractivity (Wildman–Crippen MR) is 66.8 cm³/mol. The van der Waals surface area contributed by atoms with E-state index in [0.717, 1.165) is 0 Å². The number of rotatable bonds is 2. The van der Waals surface area contributed by atoms with Crippen LogP contribution in [-0.2, 0) is 4.79 Å². The largest absolute Gasteiger partial charge is 0.397 e. The highest BCUT2D eigenvalue weighted by molar-refractivity contribution is 5.99. The van der Waals surface area contributed by atoms with Gasteiger partial charge >= 0.3 is 0 Å². The van der Waals surface area contributed by atoms with Gasteiger partial charge < -0.3 is 16.0 Å². The van der Waals surface area contributed by atoms with Gasteiger partial charge in [0.2, 0.25) is 5.91 Å². The number of hydrogen-bond acceptors (Lipinski definition) is 4. The number of hydrogen-bond donors (Lipinski definition) is 2. The predicted octanol–water partition coefficient (Wildman–Crippen LogP) is 0.0144. The Morgan fingerprint density at radius 1 is 1.61 bits per heavy atom. The summed E-state index contributed by atoms with van der Waals surface area (Å²) < 4.78 is 0. The summed E-state index contributed by atoms with van der Waals surface area (Å²) in [5, 5.41) is 2.89. The summed E-state index contributed by atoms with van der Waals surface area (Å²) in [5.41, 5.74) is 6.47. The maximum atomic E-state index is 12.0. The zero-order chi connectivity index (χ0) is 13.1. The second-order valence-corrected chi connectivity index (χ2v) is 4.45. The molecule has 18 heavy (non-hydrogen) atoms. The Labute approximate surface area is 105 Å². The number of nitrogens with zero attached hydrogens (tertiary/aromatic N) is 2. The highest BCUT2D eigenvalue weighted by atomic mass is 16.2. The van der Waals surface area contributed by atoms with Crippen LogP contribution in [0.15, 0.2) is 18.5 Å². The highest BCUT2D eigenvalue weighted by Gasteiger charge is 2.24. The van der Waals surface area contributed by atoms with Gasteiger partial charge in [-0.3, -0.25) is 14.6 Å². The first-order chi connectivity index (χ1) is 8.58. The van der Waals surface area contributed by atoms with Crippen LogP contribution in [0.1, 0.15) is 23.2 Å². The van der Waals surface area contributed by atoms with Crippen molar-refractivity contribution >= 4 is 17.5 Å². The maximum Gasteiger partial charge on any atom is 0.253 e. The fourth-order valence-corrected chi connectivity index (χ4v) is 2.01. The third-order valence-corrected chi connectivity index (χ3v) is 3.06. The van der Waals surface area contributed by atoms with E-state index < -0.39 is 0 Å². The maximum absolute atomic E-state index is 12.0. The molecule has 6 nitrogen and oxygen atoms in total. The molecule has 0 aliphatic carbocycles. The smallest absolute Gasteiger partial charge is 0.253 e. The van der Waals surface area contributed by atoms with Crippen LogP contribution in [0.4, 0.5) is 5.69 Å². The van der Waals surface area contributed by atoms with Crippen LogP contribution < -0.4 is 11.1 Å². The molecule has 1 unspecified atom stereocenters. The number of carbonyl (C=O) groups is 2. The number of amides is 2. The van der Waals surface area contributed by atoms with Gasteiger partial charge in [-0.15, -0.1) is 0 Å². The molecular weight excluding hydrogens is 232 g/mol. The highest BCUT2D eigenvalue weighted by Crippen LogP contribution is 2.12. The van der Waals surface area contributed by atoms with Crippen LogP contribution in [0.5, 0.6) is 0 Å². The number of nitrogen functional groups attached to an aromatic ring is 1. The minimum atomic E-state index is -0.220. The molecule has 1 aromatic heterocycles. The average Bonchev–Trinajstić information content (AvgIpc) is 2.34. The summed E-state index contributed by atoms with van der Waals surface area (Å²) in [7, 11) is 1.74. The molecule has 2 heterocycles. The lowest BCUT2D eigenvalue weighted by Crippen LogP contribution is -2.48. The number of anilines is 1. The topological polar surface area (TPSA) is 88.3 Å². The van der Waals surface area contributed by atoms with E-state index in [-0.39, 0.29) is 17.9 Å².